The Balaban J connectivity index is 1.66. The third kappa shape index (κ3) is 4.70. The molecule has 2 N–H and O–H groups in total. The Kier molecular flexibility index (Phi) is 5.71. The van der Waals surface area contributed by atoms with Crippen LogP contribution in [0.5, 0.6) is 0 Å². The van der Waals surface area contributed by atoms with E-state index in [0.717, 1.165) is 5.69 Å². The van der Waals surface area contributed by atoms with Gasteiger partial charge in [0.05, 0.1) is 12.0 Å². The van der Waals surface area contributed by atoms with E-state index in [1.165, 1.54) is 17.6 Å². The van der Waals surface area contributed by atoms with Crippen molar-refractivity contribution < 1.29 is 14.0 Å². The van der Waals surface area contributed by atoms with Gasteiger partial charge in [0.2, 0.25) is 5.91 Å². The molecule has 6 nitrogen and oxygen atoms in total. The standard InChI is InChI=1S/C15H19N3O3S/c1-10(2)11-9-22-15(17-11)18-13(19)6-3-7-16-14(20)12-5-4-8-21-12/h4-5,8-10H,3,6-7H2,1-2H3,(H,16,20)(H,17,18,19). The fraction of sp³-hybridized carbons (Fsp3) is 0.400. The van der Waals surface area contributed by atoms with Crippen LogP contribution in [0.4, 0.5) is 5.13 Å². The van der Waals surface area contributed by atoms with Crippen molar-refractivity contribution in [3.63, 3.8) is 0 Å². The molecule has 2 aromatic rings. The average molecular weight is 321 g/mol. The van der Waals surface area contributed by atoms with Gasteiger partial charge < -0.3 is 15.1 Å². The summed E-state index contributed by atoms with van der Waals surface area (Å²) in [6, 6.07) is 3.25. The zero-order valence-electron chi connectivity index (χ0n) is 12.6. The number of nitrogens with zero attached hydrogens (tertiary/aromatic N) is 1. The highest BCUT2D eigenvalue weighted by molar-refractivity contribution is 7.13. The molecule has 7 heteroatoms. The van der Waals surface area contributed by atoms with Gasteiger partial charge in [-0.2, -0.15) is 0 Å². The molecule has 2 rings (SSSR count). The molecular weight excluding hydrogens is 302 g/mol. The number of thiazole rings is 1. The van der Waals surface area contributed by atoms with E-state index in [4.69, 9.17) is 4.42 Å². The highest BCUT2D eigenvalue weighted by Crippen LogP contribution is 2.21. The van der Waals surface area contributed by atoms with Crippen molar-refractivity contribution in [2.24, 2.45) is 0 Å². The molecule has 0 saturated heterocycles. The van der Waals surface area contributed by atoms with E-state index in [-0.39, 0.29) is 17.6 Å². The number of aromatic nitrogens is 1. The van der Waals surface area contributed by atoms with Gasteiger partial charge in [-0.25, -0.2) is 4.98 Å². The van der Waals surface area contributed by atoms with Crippen molar-refractivity contribution in [2.75, 3.05) is 11.9 Å². The van der Waals surface area contributed by atoms with E-state index in [9.17, 15) is 9.59 Å². The van der Waals surface area contributed by atoms with Crippen molar-refractivity contribution in [2.45, 2.75) is 32.6 Å². The van der Waals surface area contributed by atoms with Crippen LogP contribution in [0.2, 0.25) is 0 Å². The van der Waals surface area contributed by atoms with Gasteiger partial charge in [0.25, 0.3) is 5.91 Å². The smallest absolute Gasteiger partial charge is 0.286 e. The minimum atomic E-state index is -0.271. The van der Waals surface area contributed by atoms with Crippen molar-refractivity contribution >= 4 is 28.3 Å². The Bertz CT molecular complexity index is 620. The molecule has 0 aliphatic carbocycles. The third-order valence-electron chi connectivity index (χ3n) is 2.97. The fourth-order valence-electron chi connectivity index (χ4n) is 1.74. The summed E-state index contributed by atoms with van der Waals surface area (Å²) in [6.45, 7) is 4.53. The SMILES string of the molecule is CC(C)c1csc(NC(=O)CCCNC(=O)c2ccco2)n1. The van der Waals surface area contributed by atoms with Gasteiger partial charge in [-0.15, -0.1) is 11.3 Å². The number of nitrogens with one attached hydrogen (secondary N) is 2. The predicted molar refractivity (Wildman–Crippen MR) is 85.1 cm³/mol. The second-order valence-electron chi connectivity index (χ2n) is 5.12. The first-order valence-electron chi connectivity index (χ1n) is 7.13. The molecule has 2 amide bonds. The van der Waals surface area contributed by atoms with E-state index in [0.29, 0.717) is 30.4 Å². The van der Waals surface area contributed by atoms with Gasteiger partial charge >= 0.3 is 0 Å². The summed E-state index contributed by atoms with van der Waals surface area (Å²) >= 11 is 1.42. The number of hydrogen-bond acceptors (Lipinski definition) is 5. The van der Waals surface area contributed by atoms with Gasteiger partial charge in [-0.3, -0.25) is 9.59 Å². The van der Waals surface area contributed by atoms with Crippen LogP contribution in [-0.2, 0) is 4.79 Å². The molecule has 0 unspecified atom stereocenters. The first-order valence-corrected chi connectivity index (χ1v) is 8.01. The molecule has 0 aromatic carbocycles. The summed E-state index contributed by atoms with van der Waals surface area (Å²) in [5.41, 5.74) is 0.978. The van der Waals surface area contributed by atoms with Gasteiger partial charge in [0.15, 0.2) is 10.9 Å². The summed E-state index contributed by atoms with van der Waals surface area (Å²) in [5.74, 6) is 0.246. The molecule has 2 aromatic heterocycles. The lowest BCUT2D eigenvalue weighted by Crippen LogP contribution is -2.25. The topological polar surface area (TPSA) is 84.2 Å². The van der Waals surface area contributed by atoms with Crippen LogP contribution in [0.25, 0.3) is 0 Å². The number of carbonyl (C=O) groups is 2. The highest BCUT2D eigenvalue weighted by Gasteiger charge is 2.10. The molecular formula is C15H19N3O3S. The maximum atomic E-state index is 11.8. The van der Waals surface area contributed by atoms with Crippen LogP contribution in [-0.4, -0.2) is 23.3 Å². The molecule has 0 bridgehead atoms. The maximum Gasteiger partial charge on any atom is 0.286 e. The highest BCUT2D eigenvalue weighted by atomic mass is 32.1. The van der Waals surface area contributed by atoms with Crippen LogP contribution in [0.3, 0.4) is 0 Å². The van der Waals surface area contributed by atoms with Crippen LogP contribution in [0.1, 0.15) is 48.9 Å². The molecule has 0 radical (unpaired) electrons. The Hall–Kier alpha value is -2.15. The normalized spacial score (nSPS) is 10.7. The lowest BCUT2D eigenvalue weighted by Gasteiger charge is -2.04. The number of hydrogen-bond donors (Lipinski definition) is 2. The molecule has 0 spiro atoms. The van der Waals surface area contributed by atoms with Crippen LogP contribution in [0, 0.1) is 0 Å². The van der Waals surface area contributed by atoms with Crippen molar-refractivity contribution in [1.29, 1.82) is 0 Å². The zero-order chi connectivity index (χ0) is 15.9. The Labute approximate surface area is 132 Å². The third-order valence-corrected chi connectivity index (χ3v) is 3.75. The summed E-state index contributed by atoms with van der Waals surface area (Å²) < 4.78 is 4.98. The van der Waals surface area contributed by atoms with E-state index in [1.807, 2.05) is 5.38 Å². The Morgan fingerprint density at radius 3 is 2.86 bits per heavy atom. The minimum Gasteiger partial charge on any atom is -0.459 e. The number of carbonyl (C=O) groups excluding carboxylic acids is 2. The van der Waals surface area contributed by atoms with Gasteiger partial charge in [-0.1, -0.05) is 13.8 Å². The monoisotopic (exact) mass is 321 g/mol. The fourth-order valence-corrected chi connectivity index (χ4v) is 2.62. The predicted octanol–water partition coefficient (Wildman–Crippen LogP) is 3.01. The minimum absolute atomic E-state index is 0.100. The molecule has 0 saturated carbocycles. The summed E-state index contributed by atoms with van der Waals surface area (Å²) in [4.78, 5) is 27.7. The first kappa shape index (κ1) is 16.2. The van der Waals surface area contributed by atoms with E-state index < -0.39 is 0 Å². The first-order chi connectivity index (χ1) is 10.6. The maximum absolute atomic E-state index is 11.8. The Morgan fingerprint density at radius 1 is 1.41 bits per heavy atom. The van der Waals surface area contributed by atoms with Gasteiger partial charge in [0.1, 0.15) is 0 Å². The number of anilines is 1. The molecule has 22 heavy (non-hydrogen) atoms. The van der Waals surface area contributed by atoms with Crippen LogP contribution < -0.4 is 10.6 Å². The van der Waals surface area contributed by atoms with Crippen molar-refractivity contribution in [1.82, 2.24) is 10.3 Å². The van der Waals surface area contributed by atoms with Gasteiger partial charge in [0, 0.05) is 18.3 Å². The van der Waals surface area contributed by atoms with E-state index in [1.54, 1.807) is 12.1 Å². The molecule has 0 atom stereocenters. The van der Waals surface area contributed by atoms with Crippen molar-refractivity contribution in [3.8, 4) is 0 Å². The summed E-state index contributed by atoms with van der Waals surface area (Å²) in [7, 11) is 0. The van der Waals surface area contributed by atoms with E-state index >= 15 is 0 Å². The summed E-state index contributed by atoms with van der Waals surface area (Å²) in [5, 5.41) is 8.03. The quantitative estimate of drug-likeness (QED) is 0.768. The largest absolute Gasteiger partial charge is 0.459 e. The molecule has 0 fully saturated rings. The molecule has 0 aliphatic heterocycles. The zero-order valence-corrected chi connectivity index (χ0v) is 13.4. The average Bonchev–Trinajstić information content (AvgIpc) is 3.14. The molecule has 0 aliphatic rings. The van der Waals surface area contributed by atoms with E-state index in [2.05, 4.69) is 29.5 Å². The lowest BCUT2D eigenvalue weighted by atomic mass is 10.2. The number of amides is 2. The van der Waals surface area contributed by atoms with Crippen LogP contribution >= 0.6 is 11.3 Å². The number of rotatable bonds is 7. The second-order valence-corrected chi connectivity index (χ2v) is 5.98. The Morgan fingerprint density at radius 2 is 2.23 bits per heavy atom. The lowest BCUT2D eigenvalue weighted by molar-refractivity contribution is -0.116. The van der Waals surface area contributed by atoms with Gasteiger partial charge in [-0.05, 0) is 24.5 Å². The van der Waals surface area contributed by atoms with Crippen LogP contribution in [0.15, 0.2) is 28.2 Å². The molecule has 118 valence electrons. The summed E-state index contributed by atoms with van der Waals surface area (Å²) in [6.07, 6.45) is 2.33. The number of furan rings is 1. The van der Waals surface area contributed by atoms with Crippen molar-refractivity contribution in [3.05, 3.63) is 35.2 Å². The second kappa shape index (κ2) is 7.74. The molecule has 2 heterocycles.